The third kappa shape index (κ3) is 3.63. The third-order valence-corrected chi connectivity index (χ3v) is 2.11. The highest BCUT2D eigenvalue weighted by Gasteiger charge is 2.10. The van der Waals surface area contributed by atoms with Gasteiger partial charge in [-0.15, -0.1) is 0 Å². The lowest BCUT2D eigenvalue weighted by molar-refractivity contribution is -0.120. The summed E-state index contributed by atoms with van der Waals surface area (Å²) in [5, 5.41) is 0. The van der Waals surface area contributed by atoms with Gasteiger partial charge in [0.15, 0.2) is 0 Å². The van der Waals surface area contributed by atoms with Gasteiger partial charge in [0.05, 0.1) is 20.8 Å². The Balaban J connectivity index is 2.81. The van der Waals surface area contributed by atoms with Crippen LogP contribution < -0.4 is 26.1 Å². The molecule has 0 saturated carbocycles. The predicted molar refractivity (Wildman–Crippen MR) is 64.2 cm³/mol. The molecule has 18 heavy (non-hydrogen) atoms. The van der Waals surface area contributed by atoms with E-state index in [4.69, 9.17) is 15.2 Å². The summed E-state index contributed by atoms with van der Waals surface area (Å²) in [7, 11) is 2.96. The van der Waals surface area contributed by atoms with Crippen LogP contribution in [0.25, 0.3) is 0 Å². The molecule has 0 fully saturated rings. The molecule has 0 aliphatic carbocycles. The zero-order valence-electron chi connectivity index (χ0n) is 10.1. The van der Waals surface area contributed by atoms with Crippen LogP contribution in [0.4, 0.5) is 0 Å². The number of nitrogens with two attached hydrogens (primary N) is 1. The molecule has 0 aliphatic heterocycles. The number of nitrogens with one attached hydrogen (secondary N) is 2. The van der Waals surface area contributed by atoms with E-state index in [1.54, 1.807) is 6.07 Å². The number of rotatable bonds is 4. The fourth-order valence-electron chi connectivity index (χ4n) is 1.19. The Bertz CT molecular complexity index is 426. The summed E-state index contributed by atoms with van der Waals surface area (Å²) in [4.78, 5) is 22.6. The summed E-state index contributed by atoms with van der Waals surface area (Å²) in [6.07, 6.45) is 0. The van der Waals surface area contributed by atoms with E-state index >= 15 is 0 Å². The molecule has 1 aromatic carbocycles. The Kier molecular flexibility index (Phi) is 4.94. The van der Waals surface area contributed by atoms with Gasteiger partial charge in [0, 0.05) is 11.6 Å². The Labute approximate surface area is 104 Å². The smallest absolute Gasteiger partial charge is 0.269 e. The summed E-state index contributed by atoms with van der Waals surface area (Å²) < 4.78 is 10.1. The van der Waals surface area contributed by atoms with Gasteiger partial charge in [0.25, 0.3) is 11.8 Å². The lowest BCUT2D eigenvalue weighted by Crippen LogP contribution is -2.44. The molecule has 98 valence electrons. The molecule has 7 nitrogen and oxygen atoms in total. The van der Waals surface area contributed by atoms with E-state index < -0.39 is 11.8 Å². The molecule has 2 amide bonds. The highest BCUT2D eigenvalue weighted by atomic mass is 16.5. The molecule has 0 atom stereocenters. The second-order valence-electron chi connectivity index (χ2n) is 3.31. The first-order valence-electron chi connectivity index (χ1n) is 5.13. The van der Waals surface area contributed by atoms with Crippen LogP contribution in [0.15, 0.2) is 18.2 Å². The summed E-state index contributed by atoms with van der Waals surface area (Å²) in [5.41, 5.74) is 9.76. The molecule has 0 unspecified atom stereocenters. The number of amides is 2. The van der Waals surface area contributed by atoms with Gasteiger partial charge < -0.3 is 15.2 Å². The number of ether oxygens (including phenoxy) is 2. The molecule has 4 N–H and O–H groups in total. The molecule has 1 rings (SSSR count). The van der Waals surface area contributed by atoms with Crippen LogP contribution in [0.1, 0.15) is 10.4 Å². The summed E-state index contributed by atoms with van der Waals surface area (Å²) in [5.74, 6) is -0.0264. The fourth-order valence-corrected chi connectivity index (χ4v) is 1.19. The second kappa shape index (κ2) is 6.45. The molecular formula is C11H15N3O4. The van der Waals surface area contributed by atoms with Gasteiger partial charge in [-0.2, -0.15) is 0 Å². The van der Waals surface area contributed by atoms with Crippen molar-refractivity contribution in [2.75, 3.05) is 20.8 Å². The topological polar surface area (TPSA) is 103 Å². The van der Waals surface area contributed by atoms with Crippen molar-refractivity contribution in [2.45, 2.75) is 0 Å². The maximum atomic E-state index is 11.7. The molecule has 7 heteroatoms. The monoisotopic (exact) mass is 253 g/mol. The van der Waals surface area contributed by atoms with Crippen LogP contribution in [-0.4, -0.2) is 32.6 Å². The van der Waals surface area contributed by atoms with E-state index in [0.717, 1.165) is 0 Å². The van der Waals surface area contributed by atoms with Gasteiger partial charge in [0.1, 0.15) is 11.5 Å². The molecule has 0 aliphatic rings. The number of benzene rings is 1. The van der Waals surface area contributed by atoms with E-state index in [1.165, 1.54) is 26.4 Å². The van der Waals surface area contributed by atoms with Crippen molar-refractivity contribution in [3.8, 4) is 11.5 Å². The van der Waals surface area contributed by atoms with Crippen molar-refractivity contribution in [3.63, 3.8) is 0 Å². The number of carbonyl (C=O) groups is 2. The predicted octanol–water partition coefficient (Wildman–Crippen LogP) is -0.576. The largest absolute Gasteiger partial charge is 0.497 e. The Morgan fingerprint density at radius 3 is 2.11 bits per heavy atom. The molecule has 0 spiro atoms. The van der Waals surface area contributed by atoms with Crippen LogP contribution in [0, 0.1) is 0 Å². The highest BCUT2D eigenvalue weighted by molar-refractivity contribution is 5.96. The van der Waals surface area contributed by atoms with Crippen molar-refractivity contribution < 1.29 is 19.1 Å². The van der Waals surface area contributed by atoms with E-state index in [1.807, 2.05) is 0 Å². The number of hydrogen-bond acceptors (Lipinski definition) is 5. The lowest BCUT2D eigenvalue weighted by Gasteiger charge is -2.09. The summed E-state index contributed by atoms with van der Waals surface area (Å²) in [6.45, 7) is -0.207. The minimum atomic E-state index is -0.492. The minimum absolute atomic E-state index is 0.207. The molecule has 0 heterocycles. The van der Waals surface area contributed by atoms with Crippen LogP contribution in [0.2, 0.25) is 0 Å². The maximum Gasteiger partial charge on any atom is 0.269 e. The van der Waals surface area contributed by atoms with Crippen molar-refractivity contribution in [2.24, 2.45) is 5.73 Å². The molecule has 1 aromatic rings. The lowest BCUT2D eigenvalue weighted by atomic mass is 10.2. The van der Waals surface area contributed by atoms with Gasteiger partial charge in [-0.25, -0.2) is 0 Å². The second-order valence-corrected chi connectivity index (χ2v) is 3.31. The first-order chi connectivity index (χ1) is 8.60. The zero-order valence-corrected chi connectivity index (χ0v) is 10.1. The van der Waals surface area contributed by atoms with Crippen LogP contribution in [-0.2, 0) is 4.79 Å². The highest BCUT2D eigenvalue weighted by Crippen LogP contribution is 2.22. The van der Waals surface area contributed by atoms with Crippen LogP contribution >= 0.6 is 0 Å². The zero-order chi connectivity index (χ0) is 13.5. The summed E-state index contributed by atoms with van der Waals surface area (Å²) >= 11 is 0. The first-order valence-corrected chi connectivity index (χ1v) is 5.13. The molecule has 0 aromatic heterocycles. The Morgan fingerprint density at radius 2 is 1.67 bits per heavy atom. The van der Waals surface area contributed by atoms with Gasteiger partial charge in [-0.05, 0) is 12.1 Å². The number of hydrazine groups is 1. The van der Waals surface area contributed by atoms with Crippen LogP contribution in [0.5, 0.6) is 11.5 Å². The number of methoxy groups -OCH3 is 2. The summed E-state index contributed by atoms with van der Waals surface area (Å²) in [6, 6.07) is 4.67. The molecule has 0 saturated heterocycles. The fraction of sp³-hybridized carbons (Fsp3) is 0.273. The van der Waals surface area contributed by atoms with E-state index in [2.05, 4.69) is 10.9 Å². The molecular weight excluding hydrogens is 238 g/mol. The standard InChI is InChI=1S/C11H15N3O4/c1-17-8-3-7(4-9(5-8)18-2)11(16)14-13-10(15)6-12/h3-5H,6,12H2,1-2H3,(H,13,15)(H,14,16). The first kappa shape index (κ1) is 13.8. The quantitative estimate of drug-likeness (QED) is 0.623. The average Bonchev–Trinajstić information content (AvgIpc) is 2.43. The van der Waals surface area contributed by atoms with Gasteiger partial charge >= 0.3 is 0 Å². The van der Waals surface area contributed by atoms with Crippen molar-refractivity contribution in [3.05, 3.63) is 23.8 Å². The van der Waals surface area contributed by atoms with E-state index in [9.17, 15) is 9.59 Å². The maximum absolute atomic E-state index is 11.7. The third-order valence-electron chi connectivity index (χ3n) is 2.11. The van der Waals surface area contributed by atoms with Crippen molar-refractivity contribution >= 4 is 11.8 Å². The molecule has 0 bridgehead atoms. The van der Waals surface area contributed by atoms with E-state index in [-0.39, 0.29) is 6.54 Å². The molecule has 0 radical (unpaired) electrons. The van der Waals surface area contributed by atoms with E-state index in [0.29, 0.717) is 17.1 Å². The Hall–Kier alpha value is -2.28. The number of carbonyl (C=O) groups excluding carboxylic acids is 2. The average molecular weight is 253 g/mol. The van der Waals surface area contributed by atoms with Gasteiger partial charge in [-0.3, -0.25) is 20.4 Å². The SMILES string of the molecule is COc1cc(OC)cc(C(=O)NNC(=O)CN)c1. The Morgan fingerprint density at radius 1 is 1.11 bits per heavy atom. The normalized spacial score (nSPS) is 9.50. The minimum Gasteiger partial charge on any atom is -0.497 e. The number of hydrogen-bond donors (Lipinski definition) is 3. The van der Waals surface area contributed by atoms with Crippen LogP contribution in [0.3, 0.4) is 0 Å². The van der Waals surface area contributed by atoms with Crippen molar-refractivity contribution in [1.82, 2.24) is 10.9 Å². The van der Waals surface area contributed by atoms with Crippen molar-refractivity contribution in [1.29, 1.82) is 0 Å². The van der Waals surface area contributed by atoms with Gasteiger partial charge in [-0.1, -0.05) is 0 Å². The van der Waals surface area contributed by atoms with Gasteiger partial charge in [0.2, 0.25) is 0 Å².